The van der Waals surface area contributed by atoms with Crippen LogP contribution in [0.3, 0.4) is 0 Å². The second-order valence-electron chi connectivity index (χ2n) is 4.60. The van der Waals surface area contributed by atoms with E-state index in [1.165, 1.54) is 0 Å². The number of aromatic amines is 1. The summed E-state index contributed by atoms with van der Waals surface area (Å²) in [6, 6.07) is 0. The Morgan fingerprint density at radius 1 is 1.47 bits per heavy atom. The summed E-state index contributed by atoms with van der Waals surface area (Å²) >= 11 is 0. The Kier molecular flexibility index (Phi) is 4.26. The minimum atomic E-state index is -3.53. The van der Waals surface area contributed by atoms with E-state index in [1.807, 2.05) is 0 Å². The van der Waals surface area contributed by atoms with Crippen LogP contribution in [0, 0.1) is 0 Å². The van der Waals surface area contributed by atoms with Crippen LogP contribution in [0.15, 0.2) is 12.4 Å². The third kappa shape index (κ3) is 4.02. The lowest BCUT2D eigenvalue weighted by Gasteiger charge is -2.10. The Hall–Kier alpha value is -0.930. The third-order valence-electron chi connectivity index (χ3n) is 3.08. The zero-order chi connectivity index (χ0) is 13.9. The standard InChI is InChI=1S/C10H17N3O4S2/c14-18(15)7-3-9(8-18)19(16,17)13-4-1-2-10-11-5-6-12-10/h5-6,9,13H,1-4,7-8H2,(H,11,12). The minimum Gasteiger partial charge on any atom is -0.349 e. The summed E-state index contributed by atoms with van der Waals surface area (Å²) in [7, 11) is -6.71. The van der Waals surface area contributed by atoms with E-state index >= 15 is 0 Å². The predicted octanol–water partition coefficient (Wildman–Crippen LogP) is -0.551. The highest BCUT2D eigenvalue weighted by atomic mass is 32.2. The van der Waals surface area contributed by atoms with Crippen LogP contribution in [0.1, 0.15) is 18.7 Å². The van der Waals surface area contributed by atoms with Crippen LogP contribution < -0.4 is 4.72 Å². The number of aryl methyl sites for hydroxylation is 1. The molecule has 0 aromatic carbocycles. The molecule has 1 fully saturated rings. The Balaban J connectivity index is 1.78. The van der Waals surface area contributed by atoms with Crippen molar-refractivity contribution in [1.29, 1.82) is 0 Å². The molecular weight excluding hydrogens is 290 g/mol. The molecule has 0 radical (unpaired) electrons. The topological polar surface area (TPSA) is 109 Å². The van der Waals surface area contributed by atoms with Crippen LogP contribution in [0.5, 0.6) is 0 Å². The summed E-state index contributed by atoms with van der Waals surface area (Å²) in [5.74, 6) is 0.508. The van der Waals surface area contributed by atoms with Gasteiger partial charge in [-0.2, -0.15) is 0 Å². The molecule has 1 atom stereocenters. The number of rotatable bonds is 6. The smallest absolute Gasteiger partial charge is 0.215 e. The fraction of sp³-hybridized carbons (Fsp3) is 0.700. The average molecular weight is 307 g/mol. The second-order valence-corrected chi connectivity index (χ2v) is 8.88. The van der Waals surface area contributed by atoms with E-state index in [4.69, 9.17) is 0 Å². The van der Waals surface area contributed by atoms with Gasteiger partial charge in [-0.1, -0.05) is 0 Å². The molecule has 1 aliphatic heterocycles. The van der Waals surface area contributed by atoms with Crippen LogP contribution in [-0.4, -0.2) is 50.1 Å². The van der Waals surface area contributed by atoms with Gasteiger partial charge in [0, 0.05) is 25.4 Å². The summed E-state index contributed by atoms with van der Waals surface area (Å²) in [5, 5.41) is -0.805. The molecule has 0 spiro atoms. The maximum atomic E-state index is 11.9. The molecule has 7 nitrogen and oxygen atoms in total. The lowest BCUT2D eigenvalue weighted by Crippen LogP contribution is -2.35. The van der Waals surface area contributed by atoms with Crippen molar-refractivity contribution in [3.63, 3.8) is 0 Å². The molecule has 0 bridgehead atoms. The normalized spacial score (nSPS) is 22.6. The first-order valence-corrected chi connectivity index (χ1v) is 9.43. The zero-order valence-electron chi connectivity index (χ0n) is 10.4. The number of hydrogen-bond acceptors (Lipinski definition) is 5. The molecule has 9 heteroatoms. The van der Waals surface area contributed by atoms with Crippen molar-refractivity contribution in [2.45, 2.75) is 24.5 Å². The van der Waals surface area contributed by atoms with Crippen molar-refractivity contribution in [2.75, 3.05) is 18.1 Å². The molecule has 1 unspecified atom stereocenters. The summed E-state index contributed by atoms with van der Waals surface area (Å²) in [6.45, 7) is 0.291. The van der Waals surface area contributed by atoms with Gasteiger partial charge in [0.1, 0.15) is 5.82 Å². The zero-order valence-corrected chi connectivity index (χ0v) is 12.0. The summed E-state index contributed by atoms with van der Waals surface area (Å²) in [5.41, 5.74) is 0. The SMILES string of the molecule is O=S1(=O)CCC(S(=O)(=O)NCCCc2ncc[nH]2)C1. The van der Waals surface area contributed by atoms with Crippen molar-refractivity contribution in [1.82, 2.24) is 14.7 Å². The Morgan fingerprint density at radius 2 is 2.26 bits per heavy atom. The average Bonchev–Trinajstić information content (AvgIpc) is 2.94. The highest BCUT2D eigenvalue weighted by molar-refractivity contribution is 7.95. The van der Waals surface area contributed by atoms with E-state index in [2.05, 4.69) is 14.7 Å². The Labute approximate surface area is 112 Å². The number of sulfonamides is 1. The number of nitrogens with one attached hydrogen (secondary N) is 2. The summed E-state index contributed by atoms with van der Waals surface area (Å²) in [4.78, 5) is 6.97. The molecular formula is C10H17N3O4S2. The number of aromatic nitrogens is 2. The first kappa shape index (κ1) is 14.5. The van der Waals surface area contributed by atoms with Gasteiger partial charge in [0.25, 0.3) is 0 Å². The van der Waals surface area contributed by atoms with E-state index in [0.717, 1.165) is 5.82 Å². The fourth-order valence-corrected chi connectivity index (χ4v) is 6.15. The van der Waals surface area contributed by atoms with Crippen molar-refractivity contribution >= 4 is 19.9 Å². The molecule has 1 aliphatic rings. The van der Waals surface area contributed by atoms with Crippen molar-refractivity contribution in [3.05, 3.63) is 18.2 Å². The lowest BCUT2D eigenvalue weighted by atomic mass is 10.3. The van der Waals surface area contributed by atoms with E-state index in [-0.39, 0.29) is 17.9 Å². The molecule has 0 amide bonds. The van der Waals surface area contributed by atoms with E-state index in [1.54, 1.807) is 12.4 Å². The Bertz CT molecular complexity index is 607. The van der Waals surface area contributed by atoms with E-state index in [9.17, 15) is 16.8 Å². The minimum absolute atomic E-state index is 0.0367. The molecule has 2 rings (SSSR count). The molecule has 0 saturated carbocycles. The van der Waals surface area contributed by atoms with Crippen molar-refractivity contribution in [3.8, 4) is 0 Å². The van der Waals surface area contributed by atoms with Crippen LogP contribution in [0.2, 0.25) is 0 Å². The number of sulfone groups is 1. The van der Waals surface area contributed by atoms with Gasteiger partial charge in [-0.15, -0.1) is 0 Å². The van der Waals surface area contributed by atoms with Gasteiger partial charge in [0.05, 0.1) is 16.8 Å². The molecule has 0 aliphatic carbocycles. The van der Waals surface area contributed by atoms with Gasteiger partial charge in [0.2, 0.25) is 10.0 Å². The van der Waals surface area contributed by atoms with Crippen molar-refractivity contribution in [2.24, 2.45) is 0 Å². The lowest BCUT2D eigenvalue weighted by molar-refractivity contribution is 0.565. The maximum absolute atomic E-state index is 11.9. The Morgan fingerprint density at radius 3 is 2.84 bits per heavy atom. The molecule has 1 saturated heterocycles. The highest BCUT2D eigenvalue weighted by Gasteiger charge is 2.36. The summed E-state index contributed by atoms with van der Waals surface area (Å²) < 4.78 is 48.8. The van der Waals surface area contributed by atoms with E-state index < -0.39 is 25.1 Å². The number of H-pyrrole nitrogens is 1. The number of nitrogens with zero attached hydrogens (tertiary/aromatic N) is 1. The first-order chi connectivity index (χ1) is 8.89. The summed E-state index contributed by atoms with van der Waals surface area (Å²) in [6.07, 6.45) is 4.81. The van der Waals surface area contributed by atoms with Crippen LogP contribution in [-0.2, 0) is 26.3 Å². The number of imidazole rings is 1. The maximum Gasteiger partial charge on any atom is 0.215 e. The highest BCUT2D eigenvalue weighted by Crippen LogP contribution is 2.18. The molecule has 19 heavy (non-hydrogen) atoms. The third-order valence-corrected chi connectivity index (χ3v) is 6.94. The van der Waals surface area contributed by atoms with E-state index in [0.29, 0.717) is 19.4 Å². The van der Waals surface area contributed by atoms with Gasteiger partial charge in [-0.3, -0.25) is 0 Å². The second kappa shape index (κ2) is 5.59. The quantitative estimate of drug-likeness (QED) is 0.685. The van der Waals surface area contributed by atoms with Gasteiger partial charge >= 0.3 is 0 Å². The van der Waals surface area contributed by atoms with Crippen LogP contribution in [0.25, 0.3) is 0 Å². The van der Waals surface area contributed by atoms with Gasteiger partial charge in [0.15, 0.2) is 9.84 Å². The fourth-order valence-electron chi connectivity index (χ4n) is 2.03. The number of hydrogen-bond donors (Lipinski definition) is 2. The van der Waals surface area contributed by atoms with Crippen LogP contribution >= 0.6 is 0 Å². The first-order valence-electron chi connectivity index (χ1n) is 6.06. The van der Waals surface area contributed by atoms with Gasteiger partial charge in [-0.25, -0.2) is 26.5 Å². The van der Waals surface area contributed by atoms with Crippen molar-refractivity contribution < 1.29 is 16.8 Å². The molecule has 2 N–H and O–H groups in total. The van der Waals surface area contributed by atoms with Gasteiger partial charge < -0.3 is 4.98 Å². The molecule has 1 aromatic heterocycles. The monoisotopic (exact) mass is 307 g/mol. The predicted molar refractivity (Wildman–Crippen MR) is 70.9 cm³/mol. The largest absolute Gasteiger partial charge is 0.349 e. The molecule has 2 heterocycles. The molecule has 108 valence electrons. The molecule has 1 aromatic rings. The van der Waals surface area contributed by atoms with Crippen LogP contribution in [0.4, 0.5) is 0 Å². The van der Waals surface area contributed by atoms with Gasteiger partial charge in [-0.05, 0) is 12.8 Å².